The summed E-state index contributed by atoms with van der Waals surface area (Å²) in [6, 6.07) is 0. The van der Waals surface area contributed by atoms with Crippen LogP contribution in [0.1, 0.15) is 0 Å². The zero-order chi connectivity index (χ0) is 13.0. The highest BCUT2D eigenvalue weighted by atomic mass is 16.5. The third kappa shape index (κ3) is 11.9. The van der Waals surface area contributed by atoms with Crippen molar-refractivity contribution in [3.8, 4) is 0 Å². The third-order valence-electron chi connectivity index (χ3n) is 1.04. The molecule has 0 rings (SSSR count). The predicted octanol–water partition coefficient (Wildman–Crippen LogP) is -0.193. The number of carbonyl (C=O) groups excluding carboxylic acids is 1. The molecule has 4 N–H and O–H groups in total. The predicted molar refractivity (Wildman–Crippen MR) is 58.3 cm³/mol. The van der Waals surface area contributed by atoms with Crippen LogP contribution in [0.15, 0.2) is 37.1 Å². The van der Waals surface area contributed by atoms with E-state index >= 15 is 0 Å². The number of aliphatic hydroxyl groups is 1. The van der Waals surface area contributed by atoms with Gasteiger partial charge in [0.25, 0.3) is 5.91 Å². The van der Waals surface area contributed by atoms with Gasteiger partial charge in [0, 0.05) is 6.08 Å². The number of primary amides is 1. The zero-order valence-electron chi connectivity index (χ0n) is 8.76. The SMILES string of the molecule is C=CC(=O)O.C=CC=C(OCCO)C(N)=O. The van der Waals surface area contributed by atoms with Crippen molar-refractivity contribution in [2.75, 3.05) is 13.2 Å². The summed E-state index contributed by atoms with van der Waals surface area (Å²) in [5.41, 5.74) is 4.90. The van der Waals surface area contributed by atoms with Gasteiger partial charge < -0.3 is 20.7 Å². The first-order chi connectivity index (χ1) is 7.49. The van der Waals surface area contributed by atoms with Crippen LogP contribution in [0.5, 0.6) is 0 Å². The average molecular weight is 229 g/mol. The van der Waals surface area contributed by atoms with Crippen LogP contribution >= 0.6 is 0 Å². The Morgan fingerprint density at radius 3 is 2.12 bits per heavy atom. The Labute approximate surface area is 93.3 Å². The van der Waals surface area contributed by atoms with Crippen molar-refractivity contribution < 1.29 is 24.5 Å². The maximum absolute atomic E-state index is 10.5. The van der Waals surface area contributed by atoms with Crippen LogP contribution in [0.3, 0.4) is 0 Å². The second kappa shape index (κ2) is 11.0. The van der Waals surface area contributed by atoms with E-state index in [0.717, 1.165) is 6.08 Å². The molecule has 0 aliphatic carbocycles. The van der Waals surface area contributed by atoms with Crippen LogP contribution in [0.4, 0.5) is 0 Å². The summed E-state index contributed by atoms with van der Waals surface area (Å²) in [5, 5.41) is 15.9. The third-order valence-corrected chi connectivity index (χ3v) is 1.04. The van der Waals surface area contributed by atoms with Gasteiger partial charge in [0.2, 0.25) is 0 Å². The van der Waals surface area contributed by atoms with Crippen molar-refractivity contribution in [1.29, 1.82) is 0 Å². The van der Waals surface area contributed by atoms with E-state index in [4.69, 9.17) is 20.7 Å². The molecular weight excluding hydrogens is 214 g/mol. The van der Waals surface area contributed by atoms with Crippen LogP contribution in [0.25, 0.3) is 0 Å². The van der Waals surface area contributed by atoms with Gasteiger partial charge >= 0.3 is 5.97 Å². The number of carboxylic acid groups (broad SMARTS) is 1. The Kier molecular flexibility index (Phi) is 11.2. The van der Waals surface area contributed by atoms with Crippen LogP contribution in [0, 0.1) is 0 Å². The minimum absolute atomic E-state index is 0.00838. The molecular formula is C10H15NO5. The van der Waals surface area contributed by atoms with Crippen molar-refractivity contribution in [3.63, 3.8) is 0 Å². The highest BCUT2D eigenvalue weighted by Crippen LogP contribution is 1.95. The number of amides is 1. The van der Waals surface area contributed by atoms with Gasteiger partial charge in [-0.05, 0) is 6.08 Å². The van der Waals surface area contributed by atoms with Gasteiger partial charge in [-0.25, -0.2) is 4.79 Å². The second-order valence-corrected chi connectivity index (χ2v) is 2.25. The number of carboxylic acids is 1. The van der Waals surface area contributed by atoms with Gasteiger partial charge in [0.15, 0.2) is 5.76 Å². The molecule has 16 heavy (non-hydrogen) atoms. The summed E-state index contributed by atoms with van der Waals surface area (Å²) in [6.07, 6.45) is 3.56. The fourth-order valence-electron chi connectivity index (χ4n) is 0.464. The van der Waals surface area contributed by atoms with Gasteiger partial charge in [-0.1, -0.05) is 19.2 Å². The number of aliphatic hydroxyl groups excluding tert-OH is 1. The standard InChI is InChI=1S/C7H11NO3.C3H4O2/c1-2-3-6(7(8)10)11-5-4-9;1-2-3(4)5/h2-3,9H,1,4-5H2,(H2,8,10);2H,1H2,(H,4,5). The van der Waals surface area contributed by atoms with E-state index in [2.05, 4.69) is 13.2 Å². The molecule has 0 heterocycles. The highest BCUT2D eigenvalue weighted by Gasteiger charge is 2.02. The number of allylic oxidation sites excluding steroid dienone is 2. The Morgan fingerprint density at radius 2 is 1.88 bits per heavy atom. The lowest BCUT2D eigenvalue weighted by Gasteiger charge is -2.03. The number of carbonyl (C=O) groups is 2. The lowest BCUT2D eigenvalue weighted by atomic mass is 10.4. The summed E-state index contributed by atoms with van der Waals surface area (Å²) in [7, 11) is 0. The molecule has 0 aromatic rings. The molecule has 0 aliphatic heterocycles. The Bertz CT molecular complexity index is 283. The van der Waals surface area contributed by atoms with E-state index < -0.39 is 11.9 Å². The molecule has 0 spiro atoms. The lowest BCUT2D eigenvalue weighted by molar-refractivity contribution is -0.131. The fraction of sp³-hybridized carbons (Fsp3) is 0.200. The number of nitrogens with two attached hydrogens (primary N) is 1. The molecule has 0 aliphatic rings. The summed E-state index contributed by atoms with van der Waals surface area (Å²) < 4.78 is 4.76. The number of ether oxygens (including phenoxy) is 1. The molecule has 0 bridgehead atoms. The van der Waals surface area contributed by atoms with Gasteiger partial charge in [-0.2, -0.15) is 0 Å². The van der Waals surface area contributed by atoms with Gasteiger partial charge in [-0.15, -0.1) is 0 Å². The number of rotatable bonds is 6. The lowest BCUT2D eigenvalue weighted by Crippen LogP contribution is -2.17. The van der Waals surface area contributed by atoms with E-state index in [1.165, 1.54) is 12.2 Å². The van der Waals surface area contributed by atoms with Crippen molar-refractivity contribution in [3.05, 3.63) is 37.1 Å². The molecule has 6 nitrogen and oxygen atoms in total. The normalized spacial score (nSPS) is 9.44. The Balaban J connectivity index is 0. The molecule has 0 fully saturated rings. The van der Waals surface area contributed by atoms with E-state index in [1.54, 1.807) is 0 Å². The fourth-order valence-corrected chi connectivity index (χ4v) is 0.464. The first-order valence-electron chi connectivity index (χ1n) is 4.21. The molecule has 0 aromatic heterocycles. The van der Waals surface area contributed by atoms with Crippen molar-refractivity contribution in [1.82, 2.24) is 0 Å². The molecule has 0 saturated heterocycles. The quantitative estimate of drug-likeness (QED) is 0.332. The topological polar surface area (TPSA) is 110 Å². The van der Waals surface area contributed by atoms with Gasteiger partial charge in [0.1, 0.15) is 6.61 Å². The largest absolute Gasteiger partial charge is 0.485 e. The molecule has 0 radical (unpaired) electrons. The molecule has 0 unspecified atom stereocenters. The average Bonchev–Trinajstić information content (AvgIpc) is 2.24. The molecule has 0 saturated carbocycles. The molecule has 6 heteroatoms. The van der Waals surface area contributed by atoms with Crippen molar-refractivity contribution >= 4 is 11.9 Å². The molecule has 90 valence electrons. The van der Waals surface area contributed by atoms with Crippen molar-refractivity contribution in [2.24, 2.45) is 5.73 Å². The highest BCUT2D eigenvalue weighted by molar-refractivity contribution is 5.90. The van der Waals surface area contributed by atoms with E-state index in [-0.39, 0.29) is 19.0 Å². The monoisotopic (exact) mass is 229 g/mol. The molecule has 0 atom stereocenters. The Morgan fingerprint density at radius 1 is 1.38 bits per heavy atom. The first kappa shape index (κ1) is 16.4. The number of hydrogen-bond donors (Lipinski definition) is 3. The zero-order valence-corrected chi connectivity index (χ0v) is 8.76. The van der Waals surface area contributed by atoms with E-state index in [1.807, 2.05) is 0 Å². The maximum atomic E-state index is 10.5. The minimum Gasteiger partial charge on any atom is -0.485 e. The van der Waals surface area contributed by atoms with Crippen LogP contribution in [-0.4, -0.2) is 35.3 Å². The summed E-state index contributed by atoms with van der Waals surface area (Å²) in [6.45, 7) is 6.23. The smallest absolute Gasteiger partial charge is 0.327 e. The van der Waals surface area contributed by atoms with Crippen molar-refractivity contribution in [2.45, 2.75) is 0 Å². The molecule has 1 amide bonds. The summed E-state index contributed by atoms with van der Waals surface area (Å²) >= 11 is 0. The summed E-state index contributed by atoms with van der Waals surface area (Å²) in [4.78, 5) is 19.7. The van der Waals surface area contributed by atoms with E-state index in [9.17, 15) is 9.59 Å². The summed E-state index contributed by atoms with van der Waals surface area (Å²) in [5.74, 6) is -1.64. The first-order valence-corrected chi connectivity index (χ1v) is 4.21. The van der Waals surface area contributed by atoms with Crippen LogP contribution < -0.4 is 5.73 Å². The second-order valence-electron chi connectivity index (χ2n) is 2.25. The maximum Gasteiger partial charge on any atom is 0.327 e. The van der Waals surface area contributed by atoms with Crippen LogP contribution in [-0.2, 0) is 14.3 Å². The van der Waals surface area contributed by atoms with Gasteiger partial charge in [-0.3, -0.25) is 4.79 Å². The number of aliphatic carboxylic acids is 1. The molecule has 0 aromatic carbocycles. The van der Waals surface area contributed by atoms with E-state index in [0.29, 0.717) is 0 Å². The van der Waals surface area contributed by atoms with Crippen LogP contribution in [0.2, 0.25) is 0 Å². The Hall–Kier alpha value is -2.08. The number of hydrogen-bond acceptors (Lipinski definition) is 4. The minimum atomic E-state index is -0.981. The van der Waals surface area contributed by atoms with Gasteiger partial charge in [0.05, 0.1) is 6.61 Å².